The van der Waals surface area contributed by atoms with Gasteiger partial charge in [0.25, 0.3) is 0 Å². The van der Waals surface area contributed by atoms with Crippen molar-refractivity contribution in [1.82, 2.24) is 10.4 Å². The third-order valence-corrected chi connectivity index (χ3v) is 2.26. The molecule has 0 atom stereocenters. The number of thiocarbonyl (C=S) groups is 1. The molecule has 100 valence electrons. The van der Waals surface area contributed by atoms with Crippen molar-refractivity contribution < 1.29 is 0 Å². The van der Waals surface area contributed by atoms with Crippen LogP contribution in [0.25, 0.3) is 0 Å². The van der Waals surface area contributed by atoms with Crippen LogP contribution in [0.4, 0.5) is 5.69 Å². The number of nitrogen functional groups attached to an aromatic ring is 1. The standard InChI is InChI=1S/C11H16N4S.C2H6/c1-4-9(15-14-8(3)16)11-10(12)7(2)5-6-13-11;1-2/h5-6H,4,12H2,1-3H3,(H,14,16);1-2H3/b15-9-;. The maximum atomic E-state index is 5.96. The molecule has 0 unspecified atom stereocenters. The van der Waals surface area contributed by atoms with Gasteiger partial charge in [-0.15, -0.1) is 0 Å². The Labute approximate surface area is 115 Å². The number of nitrogens with one attached hydrogen (secondary N) is 1. The molecule has 0 saturated heterocycles. The largest absolute Gasteiger partial charge is 0.397 e. The molecule has 0 aliphatic rings. The van der Waals surface area contributed by atoms with E-state index in [9.17, 15) is 0 Å². The number of aryl methyl sites for hydroxylation is 1. The van der Waals surface area contributed by atoms with Gasteiger partial charge in [0.05, 0.1) is 16.4 Å². The number of pyridine rings is 1. The van der Waals surface area contributed by atoms with Gasteiger partial charge in [0.2, 0.25) is 0 Å². The molecule has 0 saturated carbocycles. The monoisotopic (exact) mass is 266 g/mol. The highest BCUT2D eigenvalue weighted by Crippen LogP contribution is 2.15. The number of nitrogens with two attached hydrogens (primary N) is 1. The van der Waals surface area contributed by atoms with Crippen LogP contribution in [0.15, 0.2) is 17.4 Å². The summed E-state index contributed by atoms with van der Waals surface area (Å²) in [5.41, 5.74) is 11.9. The molecule has 18 heavy (non-hydrogen) atoms. The lowest BCUT2D eigenvalue weighted by Gasteiger charge is -2.08. The first-order valence-electron chi connectivity index (χ1n) is 6.10. The fourth-order valence-electron chi connectivity index (χ4n) is 1.25. The molecule has 1 heterocycles. The maximum absolute atomic E-state index is 5.96. The summed E-state index contributed by atoms with van der Waals surface area (Å²) in [5.74, 6) is 0. The molecule has 0 bridgehead atoms. The summed E-state index contributed by atoms with van der Waals surface area (Å²) in [6, 6.07) is 1.88. The average molecular weight is 266 g/mol. The van der Waals surface area contributed by atoms with Gasteiger partial charge < -0.3 is 5.73 Å². The minimum atomic E-state index is 0.622. The second-order valence-electron chi connectivity index (χ2n) is 3.47. The Hall–Kier alpha value is -1.49. The molecule has 1 rings (SSSR count). The number of hydrogen-bond acceptors (Lipinski definition) is 4. The van der Waals surface area contributed by atoms with E-state index >= 15 is 0 Å². The Bertz CT molecular complexity index is 427. The number of hydrazone groups is 1. The van der Waals surface area contributed by atoms with Gasteiger partial charge in [0, 0.05) is 6.20 Å². The molecule has 1 aromatic heterocycles. The lowest BCUT2D eigenvalue weighted by atomic mass is 10.1. The van der Waals surface area contributed by atoms with Crippen molar-refractivity contribution >= 4 is 28.6 Å². The predicted octanol–water partition coefficient (Wildman–Crippen LogP) is 3.05. The van der Waals surface area contributed by atoms with Crippen molar-refractivity contribution in [3.05, 3.63) is 23.5 Å². The van der Waals surface area contributed by atoms with Crippen LogP contribution in [0.2, 0.25) is 0 Å². The first-order valence-corrected chi connectivity index (χ1v) is 6.51. The zero-order valence-corrected chi connectivity index (χ0v) is 12.6. The molecular formula is C13H22N4S. The molecular weight excluding hydrogens is 244 g/mol. The Morgan fingerprint density at radius 1 is 1.50 bits per heavy atom. The molecule has 0 radical (unpaired) electrons. The van der Waals surface area contributed by atoms with Crippen molar-refractivity contribution in [3.8, 4) is 0 Å². The molecule has 3 N–H and O–H groups in total. The van der Waals surface area contributed by atoms with Crippen molar-refractivity contribution in [1.29, 1.82) is 0 Å². The van der Waals surface area contributed by atoms with E-state index in [4.69, 9.17) is 18.0 Å². The number of hydrogen-bond donors (Lipinski definition) is 2. The molecule has 0 aliphatic carbocycles. The van der Waals surface area contributed by atoms with Gasteiger partial charge in [-0.2, -0.15) is 5.10 Å². The molecule has 0 spiro atoms. The summed E-state index contributed by atoms with van der Waals surface area (Å²) in [7, 11) is 0. The summed E-state index contributed by atoms with van der Waals surface area (Å²) in [6.45, 7) is 9.73. The van der Waals surface area contributed by atoms with Gasteiger partial charge in [0.15, 0.2) is 0 Å². The van der Waals surface area contributed by atoms with E-state index in [1.54, 1.807) is 13.1 Å². The summed E-state index contributed by atoms with van der Waals surface area (Å²) in [4.78, 5) is 4.87. The maximum Gasteiger partial charge on any atom is 0.109 e. The molecule has 1 aromatic rings. The zero-order valence-electron chi connectivity index (χ0n) is 11.7. The van der Waals surface area contributed by atoms with Crippen molar-refractivity contribution in [2.75, 3.05) is 5.73 Å². The van der Waals surface area contributed by atoms with Gasteiger partial charge in [-0.3, -0.25) is 10.4 Å². The van der Waals surface area contributed by atoms with E-state index in [2.05, 4.69) is 15.5 Å². The Kier molecular flexibility index (Phi) is 7.87. The van der Waals surface area contributed by atoms with E-state index in [1.807, 2.05) is 33.8 Å². The van der Waals surface area contributed by atoms with Gasteiger partial charge in [-0.1, -0.05) is 33.0 Å². The number of anilines is 1. The van der Waals surface area contributed by atoms with Gasteiger partial charge >= 0.3 is 0 Å². The topological polar surface area (TPSA) is 63.3 Å². The normalized spacial score (nSPS) is 10.4. The second kappa shape index (κ2) is 8.58. The Morgan fingerprint density at radius 2 is 2.11 bits per heavy atom. The minimum Gasteiger partial charge on any atom is -0.397 e. The summed E-state index contributed by atoms with van der Waals surface area (Å²) in [5, 5.41) is 4.20. The fourth-order valence-corrected chi connectivity index (χ4v) is 1.29. The highest BCUT2D eigenvalue weighted by molar-refractivity contribution is 7.80. The lowest BCUT2D eigenvalue weighted by molar-refractivity contribution is 1.01. The van der Waals surface area contributed by atoms with Crippen molar-refractivity contribution in [2.45, 2.75) is 41.0 Å². The van der Waals surface area contributed by atoms with E-state index in [1.165, 1.54) is 0 Å². The SMILES string of the molecule is CC.CC/C(=N/NC(C)=S)c1nccc(C)c1N. The number of aromatic nitrogens is 1. The Morgan fingerprint density at radius 3 is 2.61 bits per heavy atom. The first-order chi connectivity index (χ1) is 8.56. The number of nitrogens with zero attached hydrogens (tertiary/aromatic N) is 2. The molecule has 5 heteroatoms. The highest BCUT2D eigenvalue weighted by atomic mass is 32.1. The average Bonchev–Trinajstić information content (AvgIpc) is 2.37. The molecule has 4 nitrogen and oxygen atoms in total. The molecule has 0 aliphatic heterocycles. The van der Waals surface area contributed by atoms with E-state index in [0.29, 0.717) is 10.7 Å². The van der Waals surface area contributed by atoms with Crippen LogP contribution in [0, 0.1) is 6.92 Å². The summed E-state index contributed by atoms with van der Waals surface area (Å²) < 4.78 is 0. The van der Waals surface area contributed by atoms with Crippen LogP contribution >= 0.6 is 12.2 Å². The van der Waals surface area contributed by atoms with Crippen LogP contribution in [0.1, 0.15) is 45.4 Å². The highest BCUT2D eigenvalue weighted by Gasteiger charge is 2.09. The van der Waals surface area contributed by atoms with Crippen molar-refractivity contribution in [2.24, 2.45) is 5.10 Å². The van der Waals surface area contributed by atoms with E-state index in [0.717, 1.165) is 23.4 Å². The molecule has 0 fully saturated rings. The quantitative estimate of drug-likeness (QED) is 0.501. The van der Waals surface area contributed by atoms with E-state index < -0.39 is 0 Å². The van der Waals surface area contributed by atoms with Crippen LogP contribution in [-0.4, -0.2) is 15.7 Å². The Balaban J connectivity index is 0.00000137. The summed E-state index contributed by atoms with van der Waals surface area (Å²) >= 11 is 4.90. The lowest BCUT2D eigenvalue weighted by Crippen LogP contribution is -2.16. The van der Waals surface area contributed by atoms with Gasteiger partial charge in [-0.25, -0.2) is 0 Å². The third kappa shape index (κ3) is 4.79. The van der Waals surface area contributed by atoms with Gasteiger partial charge in [-0.05, 0) is 31.9 Å². The summed E-state index contributed by atoms with van der Waals surface area (Å²) in [6.07, 6.45) is 2.48. The van der Waals surface area contributed by atoms with Crippen LogP contribution in [0.3, 0.4) is 0 Å². The van der Waals surface area contributed by atoms with E-state index in [-0.39, 0.29) is 0 Å². The van der Waals surface area contributed by atoms with Crippen molar-refractivity contribution in [3.63, 3.8) is 0 Å². The second-order valence-corrected chi connectivity index (χ2v) is 4.08. The number of rotatable bonds is 3. The molecule has 0 aromatic carbocycles. The van der Waals surface area contributed by atoms with Crippen LogP contribution < -0.4 is 11.2 Å². The third-order valence-electron chi connectivity index (χ3n) is 2.16. The zero-order chi connectivity index (χ0) is 14.1. The van der Waals surface area contributed by atoms with Crippen LogP contribution in [0.5, 0.6) is 0 Å². The van der Waals surface area contributed by atoms with Crippen LogP contribution in [-0.2, 0) is 0 Å². The smallest absolute Gasteiger partial charge is 0.109 e. The molecule has 0 amide bonds. The predicted molar refractivity (Wildman–Crippen MR) is 83.0 cm³/mol. The van der Waals surface area contributed by atoms with Gasteiger partial charge in [0.1, 0.15) is 5.69 Å². The minimum absolute atomic E-state index is 0.622. The first kappa shape index (κ1) is 16.5. The fraction of sp³-hybridized carbons (Fsp3) is 0.462.